The Bertz CT molecular complexity index is 839. The maximum atomic E-state index is 14.3. The Balaban J connectivity index is 3.54. The first kappa shape index (κ1) is 31.8. The normalized spacial score (nSPS) is 14.4. The van der Waals surface area contributed by atoms with Gasteiger partial charge in [-0.15, -0.1) is 0 Å². The van der Waals surface area contributed by atoms with Crippen molar-refractivity contribution in [3.05, 3.63) is 35.9 Å². The summed E-state index contributed by atoms with van der Waals surface area (Å²) in [6.07, 6.45) is 4.14. The molecule has 0 aliphatic carbocycles. The number of hydrogen-bond donors (Lipinski definition) is 2. The van der Waals surface area contributed by atoms with E-state index in [0.717, 1.165) is 18.4 Å². The number of thioether (sulfide) groups is 1. The summed E-state index contributed by atoms with van der Waals surface area (Å²) >= 11 is 1.60. The monoisotopic (exact) mass is 521 g/mol. The highest BCUT2D eigenvalue weighted by Crippen LogP contribution is 2.32. The largest absolute Gasteiger partial charge is 0.444 e. The van der Waals surface area contributed by atoms with Crippen molar-refractivity contribution < 1.29 is 19.1 Å². The lowest BCUT2D eigenvalue weighted by Crippen LogP contribution is -2.59. The first-order valence-corrected chi connectivity index (χ1v) is 14.3. The van der Waals surface area contributed by atoms with E-state index in [1.807, 2.05) is 64.3 Å². The molecule has 0 aromatic heterocycles. The van der Waals surface area contributed by atoms with Crippen LogP contribution in [0.2, 0.25) is 0 Å². The van der Waals surface area contributed by atoms with Crippen molar-refractivity contribution in [3.63, 3.8) is 0 Å². The number of benzene rings is 1. The number of hydrogen-bond acceptors (Lipinski definition) is 5. The van der Waals surface area contributed by atoms with Gasteiger partial charge in [-0.05, 0) is 78.4 Å². The second-order valence-corrected chi connectivity index (χ2v) is 11.9. The summed E-state index contributed by atoms with van der Waals surface area (Å²) < 4.78 is 5.46. The Morgan fingerprint density at radius 2 is 1.61 bits per heavy atom. The molecule has 1 rings (SSSR count). The lowest BCUT2D eigenvalue weighted by atomic mass is 9.91. The molecule has 0 heterocycles. The molecule has 7 nitrogen and oxygen atoms in total. The molecule has 0 fully saturated rings. The van der Waals surface area contributed by atoms with Crippen LogP contribution in [0.4, 0.5) is 4.79 Å². The predicted molar refractivity (Wildman–Crippen MR) is 149 cm³/mol. The van der Waals surface area contributed by atoms with Crippen LogP contribution < -0.4 is 10.6 Å². The summed E-state index contributed by atoms with van der Waals surface area (Å²) in [4.78, 5) is 42.4. The van der Waals surface area contributed by atoms with Crippen LogP contribution in [-0.2, 0) is 14.3 Å². The predicted octanol–water partition coefficient (Wildman–Crippen LogP) is 5.70. The number of ether oxygens (including phenoxy) is 1. The molecule has 3 atom stereocenters. The molecule has 1 aromatic rings. The van der Waals surface area contributed by atoms with Crippen LogP contribution in [-0.4, -0.2) is 58.0 Å². The van der Waals surface area contributed by atoms with Crippen molar-refractivity contribution in [2.75, 3.05) is 12.0 Å². The van der Waals surface area contributed by atoms with Crippen molar-refractivity contribution in [2.45, 2.75) is 110 Å². The zero-order valence-electron chi connectivity index (χ0n) is 23.6. The van der Waals surface area contributed by atoms with E-state index in [4.69, 9.17) is 4.74 Å². The van der Waals surface area contributed by atoms with E-state index >= 15 is 0 Å². The minimum Gasteiger partial charge on any atom is -0.444 e. The molecule has 0 radical (unpaired) electrons. The molecule has 0 saturated carbocycles. The molecule has 0 bridgehead atoms. The minimum absolute atomic E-state index is 0.0254. The van der Waals surface area contributed by atoms with Crippen molar-refractivity contribution in [3.8, 4) is 0 Å². The summed E-state index contributed by atoms with van der Waals surface area (Å²) in [5.74, 6) is 0.148. The van der Waals surface area contributed by atoms with E-state index in [0.29, 0.717) is 18.6 Å². The molecule has 0 aliphatic heterocycles. The average Bonchev–Trinajstić information content (AvgIpc) is 2.78. The van der Waals surface area contributed by atoms with Gasteiger partial charge in [0.25, 0.3) is 0 Å². The number of amides is 3. The van der Waals surface area contributed by atoms with Crippen LogP contribution in [0.5, 0.6) is 0 Å². The van der Waals surface area contributed by atoms with E-state index in [-0.39, 0.29) is 17.9 Å². The van der Waals surface area contributed by atoms with Crippen molar-refractivity contribution in [1.82, 2.24) is 15.5 Å². The molecule has 8 heteroatoms. The summed E-state index contributed by atoms with van der Waals surface area (Å²) in [6, 6.07) is 7.68. The number of nitrogens with zero attached hydrogens (tertiary/aromatic N) is 1. The van der Waals surface area contributed by atoms with Crippen LogP contribution >= 0.6 is 11.8 Å². The highest BCUT2D eigenvalue weighted by Gasteiger charge is 2.43. The van der Waals surface area contributed by atoms with Gasteiger partial charge in [0.05, 0.1) is 0 Å². The van der Waals surface area contributed by atoms with Crippen molar-refractivity contribution in [2.24, 2.45) is 0 Å². The summed E-state index contributed by atoms with van der Waals surface area (Å²) in [5, 5.41) is 5.91. The zero-order valence-corrected chi connectivity index (χ0v) is 24.5. The highest BCUT2D eigenvalue weighted by molar-refractivity contribution is 7.98. The Morgan fingerprint density at radius 3 is 2.11 bits per heavy atom. The fraction of sp³-hybridized carbons (Fsp3) is 0.679. The number of nitrogens with one attached hydrogen (secondary N) is 2. The smallest absolute Gasteiger partial charge is 0.408 e. The van der Waals surface area contributed by atoms with Crippen LogP contribution in [0, 0.1) is 0 Å². The molecule has 2 N–H and O–H groups in total. The molecule has 3 unspecified atom stereocenters. The van der Waals surface area contributed by atoms with E-state index in [9.17, 15) is 14.4 Å². The Labute approximate surface area is 222 Å². The molecular weight excluding hydrogens is 474 g/mol. The third kappa shape index (κ3) is 10.0. The standard InChI is InChI=1S/C28H47N3O4S/c1-10-15-20(3)29-24(32)23(21-16-13-12-14-17-21)31(28(7,8)11-2)25(33)22(18-19-36-9)30-26(34)35-27(4,5)6/h12-14,16-17,20,22-23H,10-11,15,18-19H2,1-9H3,(H,29,32)(H,30,34). The third-order valence-electron chi connectivity index (χ3n) is 6.09. The first-order valence-electron chi connectivity index (χ1n) is 12.9. The van der Waals surface area contributed by atoms with Crippen LogP contribution in [0.1, 0.15) is 92.7 Å². The molecule has 0 spiro atoms. The molecule has 36 heavy (non-hydrogen) atoms. The number of rotatable bonds is 13. The molecule has 0 aliphatic rings. The van der Waals surface area contributed by atoms with Gasteiger partial charge in [-0.25, -0.2) is 4.79 Å². The minimum atomic E-state index is -0.842. The number of alkyl carbamates (subject to hydrolysis) is 1. The second kappa shape index (κ2) is 14.5. The van der Waals surface area contributed by atoms with Gasteiger partial charge >= 0.3 is 6.09 Å². The van der Waals surface area contributed by atoms with E-state index in [2.05, 4.69) is 17.6 Å². The average molecular weight is 522 g/mol. The SMILES string of the molecule is CCCC(C)NC(=O)C(c1ccccc1)N(C(=O)C(CCSC)NC(=O)OC(C)(C)C)C(C)(C)CC. The van der Waals surface area contributed by atoms with Gasteiger partial charge < -0.3 is 20.3 Å². The van der Waals surface area contributed by atoms with Gasteiger partial charge in [-0.1, -0.05) is 50.6 Å². The first-order chi connectivity index (χ1) is 16.8. The van der Waals surface area contributed by atoms with E-state index < -0.39 is 29.3 Å². The van der Waals surface area contributed by atoms with Crippen LogP contribution in [0.25, 0.3) is 0 Å². The van der Waals surface area contributed by atoms with Gasteiger partial charge in [-0.2, -0.15) is 11.8 Å². The zero-order chi connectivity index (χ0) is 27.5. The van der Waals surface area contributed by atoms with Crippen LogP contribution in [0.3, 0.4) is 0 Å². The Kier molecular flexibility index (Phi) is 12.8. The molecule has 1 aromatic carbocycles. The number of carbonyl (C=O) groups is 3. The van der Waals surface area contributed by atoms with Gasteiger partial charge in [-0.3, -0.25) is 9.59 Å². The van der Waals surface area contributed by atoms with Gasteiger partial charge in [0.2, 0.25) is 11.8 Å². The maximum absolute atomic E-state index is 14.3. The second-order valence-electron chi connectivity index (χ2n) is 10.9. The Hall–Kier alpha value is -2.22. The quantitative estimate of drug-likeness (QED) is 0.348. The fourth-order valence-electron chi connectivity index (χ4n) is 3.94. The van der Waals surface area contributed by atoms with E-state index in [1.54, 1.807) is 37.4 Å². The molecular formula is C28H47N3O4S. The summed E-state index contributed by atoms with van der Waals surface area (Å²) in [6.45, 7) is 15.3. The summed E-state index contributed by atoms with van der Waals surface area (Å²) in [5.41, 5.74) is -0.619. The number of carbonyl (C=O) groups excluding carboxylic acids is 3. The van der Waals surface area contributed by atoms with E-state index in [1.165, 1.54) is 0 Å². The fourth-order valence-corrected chi connectivity index (χ4v) is 4.41. The topological polar surface area (TPSA) is 87.7 Å². The van der Waals surface area contributed by atoms with Gasteiger partial charge in [0, 0.05) is 11.6 Å². The third-order valence-corrected chi connectivity index (χ3v) is 6.73. The summed E-state index contributed by atoms with van der Waals surface area (Å²) in [7, 11) is 0. The van der Waals surface area contributed by atoms with Crippen molar-refractivity contribution >= 4 is 29.7 Å². The van der Waals surface area contributed by atoms with Crippen LogP contribution in [0.15, 0.2) is 30.3 Å². The highest BCUT2D eigenvalue weighted by atomic mass is 32.2. The maximum Gasteiger partial charge on any atom is 0.408 e. The van der Waals surface area contributed by atoms with Gasteiger partial charge in [0.15, 0.2) is 0 Å². The molecule has 0 saturated heterocycles. The lowest BCUT2D eigenvalue weighted by molar-refractivity contribution is -0.149. The Morgan fingerprint density at radius 1 is 1.00 bits per heavy atom. The lowest BCUT2D eigenvalue weighted by Gasteiger charge is -2.45. The molecule has 3 amide bonds. The molecule has 204 valence electrons. The van der Waals surface area contributed by atoms with Crippen molar-refractivity contribution in [1.29, 1.82) is 0 Å². The van der Waals surface area contributed by atoms with Gasteiger partial charge in [0.1, 0.15) is 17.7 Å².